The van der Waals surface area contributed by atoms with Crippen molar-refractivity contribution in [1.82, 2.24) is 14.8 Å². The van der Waals surface area contributed by atoms with Crippen molar-refractivity contribution in [3.63, 3.8) is 0 Å². The van der Waals surface area contributed by atoms with Crippen LogP contribution in [0.4, 0.5) is 0 Å². The molecule has 0 spiro atoms. The normalized spacial score (nSPS) is 12.4. The zero-order valence-corrected chi connectivity index (χ0v) is 16.7. The number of amides is 2. The molecule has 0 aliphatic carbocycles. The minimum atomic E-state index is -1.00. The summed E-state index contributed by atoms with van der Waals surface area (Å²) >= 11 is 0. The first-order chi connectivity index (χ1) is 12.5. The van der Waals surface area contributed by atoms with Gasteiger partial charge in [-0.15, -0.1) is 0 Å². The molecular weight excluding hydrogens is 342 g/mol. The third-order valence-corrected chi connectivity index (χ3v) is 4.59. The van der Waals surface area contributed by atoms with Crippen molar-refractivity contribution < 1.29 is 14.7 Å². The maximum absolute atomic E-state index is 12.8. The Bertz CT molecular complexity index is 841. The minimum Gasteiger partial charge on any atom is -0.386 e. The highest BCUT2D eigenvalue weighted by Gasteiger charge is 2.25. The van der Waals surface area contributed by atoms with E-state index in [1.165, 1.54) is 9.80 Å². The third kappa shape index (κ3) is 4.71. The molecule has 1 atom stereocenters. The smallest absolute Gasteiger partial charge is 0.254 e. The predicted molar refractivity (Wildman–Crippen MR) is 105 cm³/mol. The average Bonchev–Trinajstić information content (AvgIpc) is 2.65. The summed E-state index contributed by atoms with van der Waals surface area (Å²) in [5, 5.41) is 10.2. The van der Waals surface area contributed by atoms with Gasteiger partial charge in [0.1, 0.15) is 6.04 Å². The molecule has 6 heteroatoms. The number of carbonyl (C=O) groups is 2. The molecule has 1 aromatic carbocycles. The summed E-state index contributed by atoms with van der Waals surface area (Å²) in [7, 11) is 4.96. The Labute approximate surface area is 160 Å². The van der Waals surface area contributed by atoms with E-state index in [1.807, 2.05) is 12.1 Å². The lowest BCUT2D eigenvalue weighted by molar-refractivity contribution is -0.132. The first-order valence-corrected chi connectivity index (χ1v) is 8.79. The summed E-state index contributed by atoms with van der Waals surface area (Å²) in [6, 6.07) is 8.48. The third-order valence-electron chi connectivity index (χ3n) is 4.59. The van der Waals surface area contributed by atoms with Crippen molar-refractivity contribution in [3.8, 4) is 11.1 Å². The highest BCUT2D eigenvalue weighted by Crippen LogP contribution is 2.26. The Morgan fingerprint density at radius 2 is 1.74 bits per heavy atom. The van der Waals surface area contributed by atoms with Gasteiger partial charge in [0.2, 0.25) is 5.91 Å². The molecule has 0 unspecified atom stereocenters. The SMILES string of the molecule is C[C@H](C(=O)N(C)C)N(C)C(=O)c1cccc(-c2cncc(C(C)(C)O)c2)c1. The number of nitrogens with zero attached hydrogens (tertiary/aromatic N) is 3. The monoisotopic (exact) mass is 369 g/mol. The second kappa shape index (κ2) is 7.88. The molecule has 144 valence electrons. The summed E-state index contributed by atoms with van der Waals surface area (Å²) in [4.78, 5) is 32.1. The van der Waals surface area contributed by atoms with Gasteiger partial charge in [-0.1, -0.05) is 12.1 Å². The molecule has 6 nitrogen and oxygen atoms in total. The van der Waals surface area contributed by atoms with Crippen molar-refractivity contribution in [1.29, 1.82) is 0 Å². The van der Waals surface area contributed by atoms with Gasteiger partial charge in [0.05, 0.1) is 5.60 Å². The van der Waals surface area contributed by atoms with E-state index in [9.17, 15) is 14.7 Å². The van der Waals surface area contributed by atoms with E-state index >= 15 is 0 Å². The minimum absolute atomic E-state index is 0.135. The molecule has 1 N–H and O–H groups in total. The number of carbonyl (C=O) groups excluding carboxylic acids is 2. The highest BCUT2D eigenvalue weighted by molar-refractivity contribution is 5.98. The van der Waals surface area contributed by atoms with Crippen LogP contribution in [0.2, 0.25) is 0 Å². The average molecular weight is 369 g/mol. The molecule has 2 rings (SSSR count). The van der Waals surface area contributed by atoms with Gasteiger partial charge in [-0.05, 0) is 44.5 Å². The Hall–Kier alpha value is -2.73. The molecule has 2 amide bonds. The van der Waals surface area contributed by atoms with Gasteiger partial charge < -0.3 is 14.9 Å². The summed E-state index contributed by atoms with van der Waals surface area (Å²) in [6.07, 6.45) is 3.32. The Balaban J connectivity index is 2.33. The van der Waals surface area contributed by atoms with E-state index in [2.05, 4.69) is 4.98 Å². The van der Waals surface area contributed by atoms with Crippen LogP contribution in [0, 0.1) is 0 Å². The fraction of sp³-hybridized carbons (Fsp3) is 0.381. The van der Waals surface area contributed by atoms with E-state index in [0.717, 1.165) is 11.1 Å². The maximum Gasteiger partial charge on any atom is 0.254 e. The fourth-order valence-electron chi connectivity index (χ4n) is 2.68. The first-order valence-electron chi connectivity index (χ1n) is 8.79. The van der Waals surface area contributed by atoms with E-state index in [1.54, 1.807) is 72.5 Å². The molecule has 0 radical (unpaired) electrons. The van der Waals surface area contributed by atoms with Crippen LogP contribution in [0.3, 0.4) is 0 Å². The van der Waals surface area contributed by atoms with Crippen molar-refractivity contribution in [2.75, 3.05) is 21.1 Å². The van der Waals surface area contributed by atoms with Gasteiger partial charge in [0.15, 0.2) is 0 Å². The van der Waals surface area contributed by atoms with Crippen LogP contribution >= 0.6 is 0 Å². The molecule has 1 aromatic heterocycles. The molecule has 2 aromatic rings. The summed E-state index contributed by atoms with van der Waals surface area (Å²) < 4.78 is 0. The second-order valence-electron chi connectivity index (χ2n) is 7.43. The molecule has 0 aliphatic heterocycles. The highest BCUT2D eigenvalue weighted by atomic mass is 16.3. The Kier molecular flexibility index (Phi) is 6.01. The predicted octanol–water partition coefficient (Wildman–Crippen LogP) is 2.52. The van der Waals surface area contributed by atoms with Crippen molar-refractivity contribution in [2.24, 2.45) is 0 Å². The largest absolute Gasteiger partial charge is 0.386 e. The second-order valence-corrected chi connectivity index (χ2v) is 7.43. The van der Waals surface area contributed by atoms with Gasteiger partial charge in [-0.25, -0.2) is 0 Å². The summed E-state index contributed by atoms with van der Waals surface area (Å²) in [5.41, 5.74) is 1.81. The molecule has 0 saturated heterocycles. The molecular formula is C21H27N3O3. The summed E-state index contributed by atoms with van der Waals surface area (Å²) in [6.45, 7) is 5.11. The standard InChI is InChI=1S/C21H27N3O3/c1-14(19(25)23(4)5)24(6)20(26)16-9-7-8-15(10-16)17-11-18(13-22-12-17)21(2,3)27/h7-14,27H,1-6H3/t14-/m1/s1. The number of aromatic nitrogens is 1. The number of pyridine rings is 1. The summed E-state index contributed by atoms with van der Waals surface area (Å²) in [5.74, 6) is -0.366. The number of likely N-dealkylation sites (N-methyl/N-ethyl adjacent to an activating group) is 2. The van der Waals surface area contributed by atoms with E-state index in [-0.39, 0.29) is 11.8 Å². The lowest BCUT2D eigenvalue weighted by Crippen LogP contribution is -2.45. The van der Waals surface area contributed by atoms with Crippen molar-refractivity contribution >= 4 is 11.8 Å². The lowest BCUT2D eigenvalue weighted by Gasteiger charge is -2.26. The van der Waals surface area contributed by atoms with Crippen LogP contribution in [0.15, 0.2) is 42.7 Å². The van der Waals surface area contributed by atoms with Gasteiger partial charge in [0.25, 0.3) is 5.91 Å². The fourth-order valence-corrected chi connectivity index (χ4v) is 2.68. The first kappa shape index (κ1) is 20.6. The van der Waals surface area contributed by atoms with Crippen LogP contribution in [0.5, 0.6) is 0 Å². The number of aliphatic hydroxyl groups is 1. The number of benzene rings is 1. The zero-order valence-electron chi connectivity index (χ0n) is 16.7. The number of rotatable bonds is 5. The van der Waals surface area contributed by atoms with Crippen LogP contribution < -0.4 is 0 Å². The van der Waals surface area contributed by atoms with E-state index in [4.69, 9.17) is 0 Å². The van der Waals surface area contributed by atoms with Crippen molar-refractivity contribution in [2.45, 2.75) is 32.4 Å². The van der Waals surface area contributed by atoms with Crippen LogP contribution in [0.25, 0.3) is 11.1 Å². The zero-order chi connectivity index (χ0) is 20.4. The van der Waals surface area contributed by atoms with Gasteiger partial charge in [-0.3, -0.25) is 14.6 Å². The molecule has 1 heterocycles. The molecule has 0 aliphatic rings. The Morgan fingerprint density at radius 3 is 2.33 bits per heavy atom. The molecule has 0 bridgehead atoms. The van der Waals surface area contributed by atoms with Gasteiger partial charge in [0, 0.05) is 50.2 Å². The van der Waals surface area contributed by atoms with Crippen molar-refractivity contribution in [3.05, 3.63) is 53.9 Å². The van der Waals surface area contributed by atoms with E-state index < -0.39 is 11.6 Å². The Morgan fingerprint density at radius 1 is 1.07 bits per heavy atom. The quantitative estimate of drug-likeness (QED) is 0.879. The lowest BCUT2D eigenvalue weighted by atomic mass is 9.96. The number of hydrogen-bond donors (Lipinski definition) is 1. The molecule has 0 saturated carbocycles. The number of hydrogen-bond acceptors (Lipinski definition) is 4. The topological polar surface area (TPSA) is 73.7 Å². The molecule has 27 heavy (non-hydrogen) atoms. The maximum atomic E-state index is 12.8. The van der Waals surface area contributed by atoms with Crippen LogP contribution in [-0.2, 0) is 10.4 Å². The van der Waals surface area contributed by atoms with E-state index in [0.29, 0.717) is 11.1 Å². The van der Waals surface area contributed by atoms with Gasteiger partial charge >= 0.3 is 0 Å². The van der Waals surface area contributed by atoms with Crippen LogP contribution in [-0.4, -0.2) is 58.9 Å². The van der Waals surface area contributed by atoms with Gasteiger partial charge in [-0.2, -0.15) is 0 Å². The van der Waals surface area contributed by atoms with Crippen LogP contribution in [0.1, 0.15) is 36.7 Å². The molecule has 0 fully saturated rings.